The number of likely N-dealkylation sites (tertiary alicyclic amines) is 1. The maximum atomic E-state index is 12.8. The molecule has 25 heavy (non-hydrogen) atoms. The molecule has 7 nitrogen and oxygen atoms in total. The van der Waals surface area contributed by atoms with Crippen molar-refractivity contribution < 1.29 is 9.53 Å². The third kappa shape index (κ3) is 3.18. The van der Waals surface area contributed by atoms with E-state index in [1.165, 1.54) is 4.68 Å². The lowest BCUT2D eigenvalue weighted by atomic mass is 9.95. The van der Waals surface area contributed by atoms with E-state index in [4.69, 9.17) is 4.74 Å². The predicted octanol–water partition coefficient (Wildman–Crippen LogP) is 1.63. The molecule has 1 fully saturated rings. The van der Waals surface area contributed by atoms with Gasteiger partial charge in [-0.25, -0.2) is 9.48 Å². The van der Waals surface area contributed by atoms with Gasteiger partial charge in [-0.15, -0.1) is 0 Å². The Balaban J connectivity index is 1.73. The zero-order valence-corrected chi connectivity index (χ0v) is 14.9. The van der Waals surface area contributed by atoms with E-state index >= 15 is 0 Å². The summed E-state index contributed by atoms with van der Waals surface area (Å²) in [6.07, 6.45) is 1.61. The van der Waals surface area contributed by atoms with E-state index in [0.29, 0.717) is 30.9 Å². The molecule has 1 saturated heterocycles. The summed E-state index contributed by atoms with van der Waals surface area (Å²) in [5.41, 5.74) is 0.511. The van der Waals surface area contributed by atoms with Crippen LogP contribution >= 0.6 is 0 Å². The minimum absolute atomic E-state index is 0.00944. The molecule has 3 rings (SSSR count). The highest BCUT2D eigenvalue weighted by Gasteiger charge is 2.29. The van der Waals surface area contributed by atoms with Crippen LogP contribution in [0.1, 0.15) is 41.9 Å². The van der Waals surface area contributed by atoms with Crippen LogP contribution in [-0.2, 0) is 13.6 Å². The van der Waals surface area contributed by atoms with Gasteiger partial charge in [0.25, 0.3) is 5.91 Å². The van der Waals surface area contributed by atoms with Gasteiger partial charge in [-0.1, -0.05) is 12.1 Å². The number of carbonyl (C=O) groups excluding carboxylic acids is 1. The first-order valence-electron chi connectivity index (χ1n) is 8.62. The Bertz CT molecular complexity index is 816. The van der Waals surface area contributed by atoms with Gasteiger partial charge < -0.3 is 9.64 Å². The van der Waals surface area contributed by atoms with Crippen molar-refractivity contribution in [2.24, 2.45) is 7.05 Å². The van der Waals surface area contributed by atoms with E-state index in [2.05, 4.69) is 5.10 Å². The molecule has 0 radical (unpaired) electrons. The van der Waals surface area contributed by atoms with E-state index in [1.54, 1.807) is 30.9 Å². The number of piperidine rings is 1. The van der Waals surface area contributed by atoms with E-state index in [9.17, 15) is 9.59 Å². The van der Waals surface area contributed by atoms with Crippen molar-refractivity contribution in [1.82, 2.24) is 19.2 Å². The van der Waals surface area contributed by atoms with Crippen molar-refractivity contribution in [2.45, 2.75) is 32.2 Å². The van der Waals surface area contributed by atoms with Crippen LogP contribution < -0.4 is 10.4 Å². The second-order valence-corrected chi connectivity index (χ2v) is 6.28. The summed E-state index contributed by atoms with van der Waals surface area (Å²) in [5, 5.41) is 4.40. The lowest BCUT2D eigenvalue weighted by molar-refractivity contribution is 0.0706. The molecule has 0 spiro atoms. The van der Waals surface area contributed by atoms with Gasteiger partial charge in [-0.2, -0.15) is 5.10 Å². The summed E-state index contributed by atoms with van der Waals surface area (Å²) in [5.74, 6) is 1.62. The summed E-state index contributed by atoms with van der Waals surface area (Å²) in [6, 6.07) is 7.29. The summed E-state index contributed by atoms with van der Waals surface area (Å²) in [4.78, 5) is 26.7. The first kappa shape index (κ1) is 17.3. The third-order valence-corrected chi connectivity index (χ3v) is 4.84. The minimum Gasteiger partial charge on any atom is -0.496 e. The number of nitrogens with zero attached hydrogens (tertiary/aromatic N) is 4. The Kier molecular flexibility index (Phi) is 4.92. The fourth-order valence-corrected chi connectivity index (χ4v) is 3.45. The number of aryl methyl sites for hydroxylation is 1. The molecule has 0 unspecified atom stereocenters. The van der Waals surface area contributed by atoms with Gasteiger partial charge in [0.05, 0.1) is 12.7 Å². The van der Waals surface area contributed by atoms with Crippen LogP contribution in [0.3, 0.4) is 0 Å². The monoisotopic (exact) mass is 344 g/mol. The number of amides is 1. The fraction of sp³-hybridized carbons (Fsp3) is 0.500. The molecule has 2 heterocycles. The van der Waals surface area contributed by atoms with Crippen molar-refractivity contribution in [1.29, 1.82) is 0 Å². The van der Waals surface area contributed by atoms with Gasteiger partial charge in [-0.05, 0) is 31.9 Å². The van der Waals surface area contributed by atoms with Crippen molar-refractivity contribution in [2.75, 3.05) is 20.2 Å². The highest BCUT2D eigenvalue weighted by Crippen LogP contribution is 2.28. The number of hydrogen-bond acceptors (Lipinski definition) is 4. The zero-order valence-electron chi connectivity index (χ0n) is 14.9. The highest BCUT2D eigenvalue weighted by atomic mass is 16.5. The summed E-state index contributed by atoms with van der Waals surface area (Å²) >= 11 is 0. The van der Waals surface area contributed by atoms with Crippen molar-refractivity contribution in [3.8, 4) is 5.75 Å². The standard InChI is InChI=1S/C18H24N4O3/c1-4-22-16(19-20(2)18(22)24)13-9-11-21(12-10-13)17(23)14-7-5-6-8-15(14)25-3/h5-8,13H,4,9-12H2,1-3H3. The number of carbonyl (C=O) groups is 1. The summed E-state index contributed by atoms with van der Waals surface area (Å²) in [6.45, 7) is 3.86. The Labute approximate surface area is 146 Å². The Morgan fingerprint density at radius 2 is 1.96 bits per heavy atom. The van der Waals surface area contributed by atoms with Crippen LogP contribution in [0.2, 0.25) is 0 Å². The smallest absolute Gasteiger partial charge is 0.345 e. The molecule has 2 aromatic rings. The van der Waals surface area contributed by atoms with Crippen LogP contribution in [0.25, 0.3) is 0 Å². The molecular formula is C18H24N4O3. The van der Waals surface area contributed by atoms with Gasteiger partial charge >= 0.3 is 5.69 Å². The van der Waals surface area contributed by atoms with Crippen LogP contribution in [-0.4, -0.2) is 45.4 Å². The number of rotatable bonds is 4. The van der Waals surface area contributed by atoms with Gasteiger partial charge in [0, 0.05) is 32.6 Å². The molecule has 0 bridgehead atoms. The second-order valence-electron chi connectivity index (χ2n) is 6.28. The normalized spacial score (nSPS) is 15.4. The van der Waals surface area contributed by atoms with E-state index in [0.717, 1.165) is 18.7 Å². The van der Waals surface area contributed by atoms with Gasteiger partial charge in [-0.3, -0.25) is 9.36 Å². The third-order valence-electron chi connectivity index (χ3n) is 4.84. The van der Waals surface area contributed by atoms with Crippen molar-refractivity contribution >= 4 is 5.91 Å². The van der Waals surface area contributed by atoms with Gasteiger partial charge in [0.2, 0.25) is 0 Å². The first-order chi connectivity index (χ1) is 12.1. The molecule has 0 atom stereocenters. The molecule has 134 valence electrons. The maximum Gasteiger partial charge on any atom is 0.345 e. The average Bonchev–Trinajstić information content (AvgIpc) is 2.95. The molecule has 1 aliphatic rings. The van der Waals surface area contributed by atoms with Crippen molar-refractivity contribution in [3.05, 3.63) is 46.1 Å². The molecule has 7 heteroatoms. The lowest BCUT2D eigenvalue weighted by Crippen LogP contribution is -2.38. The number of para-hydroxylation sites is 1. The maximum absolute atomic E-state index is 12.8. The van der Waals surface area contributed by atoms with Gasteiger partial charge in [0.15, 0.2) is 0 Å². The fourth-order valence-electron chi connectivity index (χ4n) is 3.45. The Morgan fingerprint density at radius 3 is 2.60 bits per heavy atom. The largest absolute Gasteiger partial charge is 0.496 e. The quantitative estimate of drug-likeness (QED) is 0.845. The number of hydrogen-bond donors (Lipinski definition) is 0. The summed E-state index contributed by atoms with van der Waals surface area (Å²) in [7, 11) is 3.25. The molecular weight excluding hydrogens is 320 g/mol. The van der Waals surface area contributed by atoms with E-state index in [1.807, 2.05) is 24.0 Å². The molecule has 1 aromatic carbocycles. The van der Waals surface area contributed by atoms with E-state index < -0.39 is 0 Å². The molecule has 0 aliphatic carbocycles. The zero-order chi connectivity index (χ0) is 18.0. The Morgan fingerprint density at radius 1 is 1.28 bits per heavy atom. The lowest BCUT2D eigenvalue weighted by Gasteiger charge is -2.31. The predicted molar refractivity (Wildman–Crippen MR) is 94.0 cm³/mol. The minimum atomic E-state index is -0.0787. The molecule has 1 aliphatic heterocycles. The number of aromatic nitrogens is 3. The van der Waals surface area contributed by atoms with Crippen LogP contribution in [0, 0.1) is 0 Å². The number of methoxy groups -OCH3 is 1. The van der Waals surface area contributed by atoms with Crippen LogP contribution in [0.5, 0.6) is 5.75 Å². The first-order valence-corrected chi connectivity index (χ1v) is 8.62. The van der Waals surface area contributed by atoms with Gasteiger partial charge in [0.1, 0.15) is 11.6 Å². The van der Waals surface area contributed by atoms with Crippen molar-refractivity contribution in [3.63, 3.8) is 0 Å². The molecule has 0 saturated carbocycles. The second kappa shape index (κ2) is 7.13. The average molecular weight is 344 g/mol. The number of ether oxygens (including phenoxy) is 1. The SMILES string of the molecule is CCn1c(C2CCN(C(=O)c3ccccc3OC)CC2)nn(C)c1=O. The van der Waals surface area contributed by atoms with Crippen LogP contribution in [0.15, 0.2) is 29.1 Å². The highest BCUT2D eigenvalue weighted by molar-refractivity contribution is 5.97. The molecule has 1 aromatic heterocycles. The topological polar surface area (TPSA) is 69.4 Å². The molecule has 0 N–H and O–H groups in total. The van der Waals surface area contributed by atoms with Crippen LogP contribution in [0.4, 0.5) is 0 Å². The molecule has 1 amide bonds. The number of benzene rings is 1. The van der Waals surface area contributed by atoms with E-state index in [-0.39, 0.29) is 17.5 Å². The Hall–Kier alpha value is -2.57. The summed E-state index contributed by atoms with van der Waals surface area (Å²) < 4.78 is 8.41.